The molecular weight excluding hydrogens is 274 g/mol. The van der Waals surface area contributed by atoms with Crippen molar-refractivity contribution in [1.82, 2.24) is 15.1 Å². The lowest BCUT2D eigenvalue weighted by atomic mass is 10.1. The Morgan fingerprint density at radius 2 is 1.85 bits per heavy atom. The highest BCUT2D eigenvalue weighted by Gasteiger charge is 2.31. The monoisotopic (exact) mass is 303 g/mol. The maximum Gasteiger partial charge on any atom is 0.239 e. The molecule has 1 N–H and O–H groups in total. The SMILES string of the molecule is CNCC1CCN(C(C)C(=O)N2CCCCCC2)C1.Cl. The van der Waals surface area contributed by atoms with Crippen LogP contribution in [-0.4, -0.2) is 61.5 Å². The third kappa shape index (κ3) is 4.61. The quantitative estimate of drug-likeness (QED) is 0.859. The molecule has 2 fully saturated rings. The smallest absolute Gasteiger partial charge is 0.239 e. The van der Waals surface area contributed by atoms with Gasteiger partial charge in [0.2, 0.25) is 5.91 Å². The minimum absolute atomic E-state index is 0. The first-order valence-electron chi connectivity index (χ1n) is 7.90. The summed E-state index contributed by atoms with van der Waals surface area (Å²) in [6.07, 6.45) is 6.15. The van der Waals surface area contributed by atoms with Crippen LogP contribution < -0.4 is 5.32 Å². The number of nitrogens with zero attached hydrogens (tertiary/aromatic N) is 2. The van der Waals surface area contributed by atoms with E-state index in [4.69, 9.17) is 0 Å². The minimum Gasteiger partial charge on any atom is -0.341 e. The topological polar surface area (TPSA) is 35.6 Å². The van der Waals surface area contributed by atoms with E-state index in [0.29, 0.717) is 11.8 Å². The van der Waals surface area contributed by atoms with Gasteiger partial charge in [-0.05, 0) is 52.2 Å². The van der Waals surface area contributed by atoms with Crippen LogP contribution >= 0.6 is 12.4 Å². The molecule has 1 amide bonds. The Labute approximate surface area is 129 Å². The van der Waals surface area contributed by atoms with Crippen molar-refractivity contribution in [2.75, 3.05) is 39.8 Å². The summed E-state index contributed by atoms with van der Waals surface area (Å²) in [6, 6.07) is 0.0694. The number of halogens is 1. The van der Waals surface area contributed by atoms with Gasteiger partial charge in [-0.3, -0.25) is 9.69 Å². The molecule has 0 aliphatic carbocycles. The molecule has 2 saturated heterocycles. The molecule has 0 bridgehead atoms. The van der Waals surface area contributed by atoms with Gasteiger partial charge in [0.05, 0.1) is 6.04 Å². The summed E-state index contributed by atoms with van der Waals surface area (Å²) in [6.45, 7) is 7.25. The van der Waals surface area contributed by atoms with Crippen molar-refractivity contribution in [3.8, 4) is 0 Å². The van der Waals surface area contributed by atoms with Crippen LogP contribution in [-0.2, 0) is 4.79 Å². The first-order valence-corrected chi connectivity index (χ1v) is 7.90. The number of carbonyl (C=O) groups is 1. The van der Waals surface area contributed by atoms with Crippen LogP contribution in [0.15, 0.2) is 0 Å². The van der Waals surface area contributed by atoms with Crippen LogP contribution in [0.5, 0.6) is 0 Å². The maximum absolute atomic E-state index is 12.6. The Hall–Kier alpha value is -0.320. The van der Waals surface area contributed by atoms with Crippen LogP contribution in [0.3, 0.4) is 0 Å². The summed E-state index contributed by atoms with van der Waals surface area (Å²) in [5.41, 5.74) is 0. The van der Waals surface area contributed by atoms with Crippen molar-refractivity contribution in [1.29, 1.82) is 0 Å². The van der Waals surface area contributed by atoms with E-state index in [2.05, 4.69) is 22.0 Å². The van der Waals surface area contributed by atoms with E-state index in [9.17, 15) is 4.79 Å². The minimum atomic E-state index is 0. The van der Waals surface area contributed by atoms with Gasteiger partial charge in [0.1, 0.15) is 0 Å². The van der Waals surface area contributed by atoms with Crippen molar-refractivity contribution in [3.05, 3.63) is 0 Å². The molecule has 2 aliphatic heterocycles. The van der Waals surface area contributed by atoms with Gasteiger partial charge in [-0.2, -0.15) is 0 Å². The highest BCUT2D eigenvalue weighted by Crippen LogP contribution is 2.20. The lowest BCUT2D eigenvalue weighted by molar-refractivity contribution is -0.136. The zero-order valence-corrected chi connectivity index (χ0v) is 13.8. The van der Waals surface area contributed by atoms with Crippen LogP contribution in [0.4, 0.5) is 0 Å². The molecule has 5 heteroatoms. The fourth-order valence-electron chi connectivity index (χ4n) is 3.38. The molecule has 2 unspecified atom stereocenters. The highest BCUT2D eigenvalue weighted by molar-refractivity contribution is 5.85. The number of likely N-dealkylation sites (tertiary alicyclic amines) is 2. The number of nitrogens with one attached hydrogen (secondary N) is 1. The van der Waals surface area contributed by atoms with Crippen molar-refractivity contribution in [2.24, 2.45) is 5.92 Å². The number of carbonyl (C=O) groups excluding carboxylic acids is 1. The van der Waals surface area contributed by atoms with Crippen molar-refractivity contribution >= 4 is 18.3 Å². The summed E-state index contributed by atoms with van der Waals surface area (Å²) in [4.78, 5) is 17.0. The van der Waals surface area contributed by atoms with Crippen LogP contribution in [0, 0.1) is 5.92 Å². The van der Waals surface area contributed by atoms with Gasteiger partial charge >= 0.3 is 0 Å². The summed E-state index contributed by atoms with van der Waals surface area (Å²) in [5.74, 6) is 1.07. The molecule has 2 aliphatic rings. The normalized spacial score (nSPS) is 25.9. The van der Waals surface area contributed by atoms with E-state index in [1.165, 1.54) is 32.1 Å². The van der Waals surface area contributed by atoms with E-state index < -0.39 is 0 Å². The van der Waals surface area contributed by atoms with E-state index >= 15 is 0 Å². The van der Waals surface area contributed by atoms with E-state index in [1.54, 1.807) is 0 Å². The first-order chi connectivity index (χ1) is 9.22. The van der Waals surface area contributed by atoms with Gasteiger partial charge in [0.15, 0.2) is 0 Å². The molecule has 0 aromatic heterocycles. The molecule has 0 aromatic rings. The number of hydrogen-bond donors (Lipinski definition) is 1. The second-order valence-electron chi connectivity index (χ2n) is 6.12. The van der Waals surface area contributed by atoms with Gasteiger partial charge < -0.3 is 10.2 Å². The Balaban J connectivity index is 0.00000200. The number of hydrogen-bond acceptors (Lipinski definition) is 3. The zero-order chi connectivity index (χ0) is 13.7. The van der Waals surface area contributed by atoms with Crippen LogP contribution in [0.1, 0.15) is 39.0 Å². The molecule has 0 spiro atoms. The number of amides is 1. The fourth-order valence-corrected chi connectivity index (χ4v) is 3.38. The molecule has 0 aromatic carbocycles. The van der Waals surface area contributed by atoms with Gasteiger partial charge in [0.25, 0.3) is 0 Å². The predicted molar refractivity (Wildman–Crippen MR) is 85.4 cm³/mol. The number of rotatable bonds is 4. The second kappa shape index (κ2) is 8.85. The average molecular weight is 304 g/mol. The van der Waals surface area contributed by atoms with Gasteiger partial charge in [-0.1, -0.05) is 12.8 Å². The molecule has 0 saturated carbocycles. The van der Waals surface area contributed by atoms with E-state index in [1.807, 2.05) is 7.05 Å². The summed E-state index contributed by atoms with van der Waals surface area (Å²) < 4.78 is 0. The van der Waals surface area contributed by atoms with Crippen LogP contribution in [0.2, 0.25) is 0 Å². The molecule has 0 radical (unpaired) electrons. The van der Waals surface area contributed by atoms with Gasteiger partial charge in [0, 0.05) is 19.6 Å². The molecule has 2 rings (SSSR count). The van der Waals surface area contributed by atoms with E-state index in [0.717, 1.165) is 32.7 Å². The third-order valence-corrected chi connectivity index (χ3v) is 4.63. The Morgan fingerprint density at radius 3 is 2.45 bits per heavy atom. The zero-order valence-electron chi connectivity index (χ0n) is 12.9. The molecule has 20 heavy (non-hydrogen) atoms. The Morgan fingerprint density at radius 1 is 1.20 bits per heavy atom. The average Bonchev–Trinajstić information content (AvgIpc) is 2.72. The Kier molecular flexibility index (Phi) is 7.85. The van der Waals surface area contributed by atoms with E-state index in [-0.39, 0.29) is 18.4 Å². The lowest BCUT2D eigenvalue weighted by Gasteiger charge is -2.29. The van der Waals surface area contributed by atoms with Crippen molar-refractivity contribution < 1.29 is 4.79 Å². The van der Waals surface area contributed by atoms with Crippen molar-refractivity contribution in [2.45, 2.75) is 45.1 Å². The standard InChI is InChI=1S/C15H29N3O.ClH/c1-13(18-10-7-14(12-18)11-16-2)15(19)17-8-5-3-4-6-9-17;/h13-14,16H,3-12H2,1-2H3;1H. The predicted octanol–water partition coefficient (Wildman–Crippen LogP) is 1.74. The summed E-state index contributed by atoms with van der Waals surface area (Å²) >= 11 is 0. The van der Waals surface area contributed by atoms with Crippen LogP contribution in [0.25, 0.3) is 0 Å². The molecule has 2 atom stereocenters. The molecule has 2 heterocycles. The first kappa shape index (κ1) is 17.7. The van der Waals surface area contributed by atoms with Gasteiger partial charge in [-0.15, -0.1) is 12.4 Å². The summed E-state index contributed by atoms with van der Waals surface area (Å²) in [5, 5.41) is 3.25. The van der Waals surface area contributed by atoms with Crippen molar-refractivity contribution in [3.63, 3.8) is 0 Å². The maximum atomic E-state index is 12.6. The Bertz CT molecular complexity index is 293. The largest absolute Gasteiger partial charge is 0.341 e. The van der Waals surface area contributed by atoms with Gasteiger partial charge in [-0.25, -0.2) is 0 Å². The lowest BCUT2D eigenvalue weighted by Crippen LogP contribution is -2.46. The molecule has 118 valence electrons. The second-order valence-corrected chi connectivity index (χ2v) is 6.12. The fraction of sp³-hybridized carbons (Fsp3) is 0.933. The highest BCUT2D eigenvalue weighted by atomic mass is 35.5. The molecule has 4 nitrogen and oxygen atoms in total. The summed E-state index contributed by atoms with van der Waals surface area (Å²) in [7, 11) is 2.01. The third-order valence-electron chi connectivity index (χ3n) is 4.63. The molecular formula is C15H30ClN3O.